The summed E-state index contributed by atoms with van der Waals surface area (Å²) in [5.41, 5.74) is 4.23. The highest BCUT2D eigenvalue weighted by Crippen LogP contribution is 2.32. The van der Waals surface area contributed by atoms with Crippen molar-refractivity contribution in [2.45, 2.75) is 32.2 Å². The standard InChI is InChI=1S/C35H42N6O5/c1-24-11-14-30(32(20-24)46-19-6-5-8-26(22-42)41-17-15-39(2)16-18-41)40(3)35(44)25-12-13-28(31(21-25)45-4)38-34(43)27-9-7-10-29-33(27)37-23-36-29/h7,9-14,20-23,26H,5-6,8,15-19H2,1-4H3,(H,36,37)(H,38,43). The number of unbranched alkanes of at least 4 members (excludes halogenated alkanes) is 1. The maximum absolute atomic E-state index is 13.7. The predicted octanol–water partition coefficient (Wildman–Crippen LogP) is 4.77. The number of piperazine rings is 1. The molecule has 1 atom stereocenters. The number of benzene rings is 3. The number of anilines is 2. The van der Waals surface area contributed by atoms with Crippen molar-refractivity contribution in [3.8, 4) is 11.5 Å². The van der Waals surface area contributed by atoms with Gasteiger partial charge in [-0.15, -0.1) is 0 Å². The number of aldehydes is 1. The number of aromatic nitrogens is 2. The van der Waals surface area contributed by atoms with E-state index in [1.807, 2.05) is 31.2 Å². The molecule has 1 unspecified atom stereocenters. The van der Waals surface area contributed by atoms with Gasteiger partial charge >= 0.3 is 0 Å². The molecule has 1 aliphatic rings. The number of likely N-dealkylation sites (N-methyl/N-ethyl adjacent to an activating group) is 1. The Labute approximate surface area is 269 Å². The number of hydrogen-bond acceptors (Lipinski definition) is 8. The van der Waals surface area contributed by atoms with Gasteiger partial charge in [0, 0.05) is 38.8 Å². The molecule has 2 amide bonds. The summed E-state index contributed by atoms with van der Waals surface area (Å²) in [4.78, 5) is 51.9. The minimum absolute atomic E-state index is 0.0609. The van der Waals surface area contributed by atoms with Crippen LogP contribution in [0.3, 0.4) is 0 Å². The number of carbonyl (C=O) groups excluding carboxylic acids is 3. The lowest BCUT2D eigenvalue weighted by Crippen LogP contribution is -2.49. The molecule has 0 bridgehead atoms. The van der Waals surface area contributed by atoms with Gasteiger partial charge in [0.2, 0.25) is 0 Å². The number of methoxy groups -OCH3 is 1. The Morgan fingerprint density at radius 3 is 2.63 bits per heavy atom. The summed E-state index contributed by atoms with van der Waals surface area (Å²) in [6.45, 7) is 6.24. The maximum atomic E-state index is 13.7. The van der Waals surface area contributed by atoms with Gasteiger partial charge in [-0.05, 0) is 81.3 Å². The van der Waals surface area contributed by atoms with Gasteiger partial charge in [0.15, 0.2) is 0 Å². The van der Waals surface area contributed by atoms with Crippen LogP contribution in [0.25, 0.3) is 11.0 Å². The number of carbonyl (C=O) groups is 3. The fourth-order valence-electron chi connectivity index (χ4n) is 5.71. The van der Waals surface area contributed by atoms with Crippen molar-refractivity contribution in [1.29, 1.82) is 0 Å². The first-order valence-electron chi connectivity index (χ1n) is 15.6. The third kappa shape index (κ3) is 7.55. The molecular weight excluding hydrogens is 584 g/mol. The molecule has 46 heavy (non-hydrogen) atoms. The lowest BCUT2D eigenvalue weighted by Gasteiger charge is -2.35. The minimum Gasteiger partial charge on any atom is -0.495 e. The monoisotopic (exact) mass is 626 g/mol. The highest BCUT2D eigenvalue weighted by Gasteiger charge is 2.23. The number of aromatic amines is 1. The zero-order chi connectivity index (χ0) is 32.6. The van der Waals surface area contributed by atoms with Gasteiger partial charge in [0.05, 0.1) is 48.5 Å². The van der Waals surface area contributed by atoms with Gasteiger partial charge in [-0.1, -0.05) is 12.1 Å². The van der Waals surface area contributed by atoms with Crippen LogP contribution in [0.1, 0.15) is 45.5 Å². The number of fused-ring (bicyclic) bond motifs is 1. The number of nitrogens with one attached hydrogen (secondary N) is 2. The highest BCUT2D eigenvalue weighted by molar-refractivity contribution is 6.12. The second-order valence-corrected chi connectivity index (χ2v) is 11.7. The molecule has 0 spiro atoms. The van der Waals surface area contributed by atoms with Crippen LogP contribution in [0, 0.1) is 6.92 Å². The van der Waals surface area contributed by atoms with Gasteiger partial charge in [0.1, 0.15) is 23.3 Å². The van der Waals surface area contributed by atoms with Crippen molar-refractivity contribution >= 4 is 40.5 Å². The molecule has 4 aromatic rings. The summed E-state index contributed by atoms with van der Waals surface area (Å²) in [5, 5.41) is 2.88. The van der Waals surface area contributed by atoms with E-state index in [2.05, 4.69) is 32.1 Å². The van der Waals surface area contributed by atoms with E-state index in [1.54, 1.807) is 48.6 Å². The summed E-state index contributed by atoms with van der Waals surface area (Å²) in [6, 6.07) is 15.9. The molecule has 1 saturated heterocycles. The number of ether oxygens (including phenoxy) is 2. The van der Waals surface area contributed by atoms with Crippen molar-refractivity contribution in [3.05, 3.63) is 77.6 Å². The smallest absolute Gasteiger partial charge is 0.258 e. The summed E-state index contributed by atoms with van der Waals surface area (Å²) < 4.78 is 11.7. The number of imidazole rings is 1. The Bertz CT molecular complexity index is 1680. The highest BCUT2D eigenvalue weighted by atomic mass is 16.5. The second kappa shape index (κ2) is 15.0. The number of para-hydroxylation sites is 1. The van der Waals surface area contributed by atoms with E-state index < -0.39 is 0 Å². The van der Waals surface area contributed by atoms with E-state index in [0.717, 1.165) is 62.8 Å². The van der Waals surface area contributed by atoms with Crippen molar-refractivity contribution in [1.82, 2.24) is 19.8 Å². The molecule has 2 N–H and O–H groups in total. The van der Waals surface area contributed by atoms with E-state index in [1.165, 1.54) is 7.11 Å². The van der Waals surface area contributed by atoms with Crippen LogP contribution in [-0.4, -0.2) is 97.9 Å². The van der Waals surface area contributed by atoms with Crippen molar-refractivity contribution < 1.29 is 23.9 Å². The molecule has 1 aliphatic heterocycles. The van der Waals surface area contributed by atoms with Crippen LogP contribution < -0.4 is 19.7 Å². The molecule has 2 heterocycles. The van der Waals surface area contributed by atoms with Crippen LogP contribution in [-0.2, 0) is 4.79 Å². The minimum atomic E-state index is -0.338. The molecule has 242 valence electrons. The Morgan fingerprint density at radius 2 is 1.87 bits per heavy atom. The number of amides is 2. The van der Waals surface area contributed by atoms with Gasteiger partial charge in [-0.2, -0.15) is 0 Å². The van der Waals surface area contributed by atoms with Gasteiger partial charge < -0.3 is 34.4 Å². The van der Waals surface area contributed by atoms with E-state index in [4.69, 9.17) is 9.47 Å². The fourth-order valence-corrected chi connectivity index (χ4v) is 5.71. The van der Waals surface area contributed by atoms with Crippen LogP contribution in [0.2, 0.25) is 0 Å². The Balaban J connectivity index is 1.21. The summed E-state index contributed by atoms with van der Waals surface area (Å²) in [6.07, 6.45) is 5.08. The van der Waals surface area contributed by atoms with Crippen LogP contribution in [0.5, 0.6) is 11.5 Å². The lowest BCUT2D eigenvalue weighted by atomic mass is 10.1. The quantitative estimate of drug-likeness (QED) is 0.161. The zero-order valence-corrected chi connectivity index (χ0v) is 26.9. The molecule has 1 fully saturated rings. The summed E-state index contributed by atoms with van der Waals surface area (Å²) in [5.74, 6) is 0.374. The van der Waals surface area contributed by atoms with Gasteiger partial charge in [-0.25, -0.2) is 4.98 Å². The fraction of sp³-hybridized carbons (Fsp3) is 0.371. The second-order valence-electron chi connectivity index (χ2n) is 11.7. The number of H-pyrrole nitrogens is 1. The number of nitrogens with zero attached hydrogens (tertiary/aromatic N) is 4. The molecule has 1 aromatic heterocycles. The molecule has 3 aromatic carbocycles. The third-order valence-corrected chi connectivity index (χ3v) is 8.49. The summed E-state index contributed by atoms with van der Waals surface area (Å²) >= 11 is 0. The number of rotatable bonds is 13. The molecule has 0 saturated carbocycles. The molecule has 11 heteroatoms. The molecular formula is C35H42N6O5. The molecule has 11 nitrogen and oxygen atoms in total. The first kappa shape index (κ1) is 32.6. The molecule has 0 radical (unpaired) electrons. The first-order chi connectivity index (χ1) is 22.3. The zero-order valence-electron chi connectivity index (χ0n) is 26.9. The third-order valence-electron chi connectivity index (χ3n) is 8.49. The van der Waals surface area contributed by atoms with Crippen molar-refractivity contribution in [2.75, 3.05) is 64.2 Å². The van der Waals surface area contributed by atoms with Crippen LogP contribution in [0.4, 0.5) is 11.4 Å². The van der Waals surface area contributed by atoms with Crippen molar-refractivity contribution in [3.63, 3.8) is 0 Å². The van der Waals surface area contributed by atoms with E-state index in [9.17, 15) is 14.4 Å². The van der Waals surface area contributed by atoms with E-state index in [0.29, 0.717) is 46.1 Å². The van der Waals surface area contributed by atoms with Crippen molar-refractivity contribution in [2.24, 2.45) is 0 Å². The summed E-state index contributed by atoms with van der Waals surface area (Å²) in [7, 11) is 5.30. The van der Waals surface area contributed by atoms with Crippen LogP contribution >= 0.6 is 0 Å². The lowest BCUT2D eigenvalue weighted by molar-refractivity contribution is -0.113. The maximum Gasteiger partial charge on any atom is 0.258 e. The predicted molar refractivity (Wildman–Crippen MR) is 179 cm³/mol. The Hall–Kier alpha value is -4.74. The Kier molecular flexibility index (Phi) is 10.7. The van der Waals surface area contributed by atoms with E-state index in [-0.39, 0.29) is 17.9 Å². The largest absolute Gasteiger partial charge is 0.495 e. The average molecular weight is 627 g/mol. The molecule has 5 rings (SSSR count). The topological polar surface area (TPSA) is 120 Å². The Morgan fingerprint density at radius 1 is 1.07 bits per heavy atom. The number of hydrogen-bond donors (Lipinski definition) is 2. The normalized spacial score (nSPS) is 14.5. The van der Waals surface area contributed by atoms with E-state index >= 15 is 0 Å². The average Bonchev–Trinajstić information content (AvgIpc) is 3.56. The molecule has 0 aliphatic carbocycles. The van der Waals surface area contributed by atoms with Gasteiger partial charge in [-0.3, -0.25) is 14.5 Å². The first-order valence-corrected chi connectivity index (χ1v) is 15.6. The van der Waals surface area contributed by atoms with Crippen LogP contribution in [0.15, 0.2) is 60.9 Å². The van der Waals surface area contributed by atoms with Gasteiger partial charge in [0.25, 0.3) is 11.8 Å². The SMILES string of the molecule is COc1cc(C(=O)N(C)c2ccc(C)cc2OCCCCC(C=O)N2CCN(C)CC2)ccc1NC(=O)c1cccc2[nH]cnc12. The number of aryl methyl sites for hydroxylation is 1.